The van der Waals surface area contributed by atoms with E-state index >= 15 is 0 Å². The first-order valence-corrected chi connectivity index (χ1v) is 9.75. The smallest absolute Gasteiger partial charge is 0.123 e. The van der Waals surface area contributed by atoms with Gasteiger partial charge in [-0.2, -0.15) is 5.26 Å². The van der Waals surface area contributed by atoms with Crippen molar-refractivity contribution >= 4 is 21.7 Å². The molecule has 0 fully saturated rings. The van der Waals surface area contributed by atoms with Gasteiger partial charge in [0, 0.05) is 16.6 Å². The summed E-state index contributed by atoms with van der Waals surface area (Å²) in [6.07, 6.45) is 0. The normalized spacial score (nSPS) is 10.6. The van der Waals surface area contributed by atoms with Crippen LogP contribution < -0.4 is 5.73 Å². The summed E-state index contributed by atoms with van der Waals surface area (Å²) in [6.45, 7) is 0.580. The molecule has 0 amide bonds. The fourth-order valence-corrected chi connectivity index (χ4v) is 3.96. The van der Waals surface area contributed by atoms with E-state index < -0.39 is 0 Å². The van der Waals surface area contributed by atoms with Crippen LogP contribution in [0.3, 0.4) is 0 Å². The molecule has 3 nitrogen and oxygen atoms in total. The number of hydrogen-bond acceptors (Lipinski definition) is 2. The molecule has 4 rings (SSSR count). The fourth-order valence-electron chi connectivity index (χ4n) is 3.51. The fraction of sp³-hybridized carbons (Fsp3) is 0.0417. The number of aromatic nitrogens is 1. The largest absolute Gasteiger partial charge is 0.384 e. The molecule has 0 saturated carbocycles. The van der Waals surface area contributed by atoms with Crippen LogP contribution in [-0.2, 0) is 6.54 Å². The minimum absolute atomic E-state index is 0.486. The molecule has 0 spiro atoms. The Kier molecular flexibility index (Phi) is 5.01. The predicted octanol–water partition coefficient (Wildman–Crippen LogP) is 6.09. The molecule has 0 atom stereocenters. The second-order valence-corrected chi connectivity index (χ2v) is 7.46. The molecule has 1 aromatic heterocycles. The molecular formula is C24H18BrN3. The van der Waals surface area contributed by atoms with Crippen molar-refractivity contribution in [2.24, 2.45) is 0 Å². The maximum absolute atomic E-state index is 9.90. The highest BCUT2D eigenvalue weighted by atomic mass is 79.9. The van der Waals surface area contributed by atoms with Gasteiger partial charge in [-0.25, -0.2) is 0 Å². The number of nitrogens with zero attached hydrogens (tertiary/aromatic N) is 2. The molecule has 28 heavy (non-hydrogen) atoms. The number of benzene rings is 3. The van der Waals surface area contributed by atoms with E-state index in [1.807, 2.05) is 65.2 Å². The lowest BCUT2D eigenvalue weighted by atomic mass is 9.98. The van der Waals surface area contributed by atoms with Gasteiger partial charge in [0.2, 0.25) is 0 Å². The number of nitriles is 1. The summed E-state index contributed by atoms with van der Waals surface area (Å²) in [5.74, 6) is 0.486. The molecule has 2 N–H and O–H groups in total. The van der Waals surface area contributed by atoms with Crippen LogP contribution in [0.25, 0.3) is 22.4 Å². The first kappa shape index (κ1) is 18.1. The van der Waals surface area contributed by atoms with Crippen LogP contribution in [0.1, 0.15) is 11.1 Å². The van der Waals surface area contributed by atoms with E-state index in [2.05, 4.69) is 46.3 Å². The third kappa shape index (κ3) is 3.33. The average molecular weight is 428 g/mol. The van der Waals surface area contributed by atoms with Crippen molar-refractivity contribution in [1.29, 1.82) is 5.26 Å². The monoisotopic (exact) mass is 427 g/mol. The number of rotatable bonds is 4. The SMILES string of the molecule is N#Cc1c(-c2ccccc2)c(-c2ccccc2)n(Cc2cccc(Br)c2)c1N. The Morgan fingerprint density at radius 1 is 0.857 bits per heavy atom. The van der Waals surface area contributed by atoms with E-state index in [1.54, 1.807) is 0 Å². The van der Waals surface area contributed by atoms with Crippen LogP contribution in [0, 0.1) is 11.3 Å². The lowest BCUT2D eigenvalue weighted by Gasteiger charge is -2.14. The molecule has 1 heterocycles. The van der Waals surface area contributed by atoms with Crippen LogP contribution in [0.4, 0.5) is 5.82 Å². The summed E-state index contributed by atoms with van der Waals surface area (Å²) in [6, 6.07) is 30.5. The van der Waals surface area contributed by atoms with Gasteiger partial charge in [-0.3, -0.25) is 0 Å². The number of halogens is 1. The zero-order chi connectivity index (χ0) is 19.5. The van der Waals surface area contributed by atoms with Crippen LogP contribution in [0.5, 0.6) is 0 Å². The van der Waals surface area contributed by atoms with Crippen molar-refractivity contribution < 1.29 is 0 Å². The molecule has 3 aromatic carbocycles. The summed E-state index contributed by atoms with van der Waals surface area (Å²) in [4.78, 5) is 0. The molecule has 0 aliphatic rings. The maximum atomic E-state index is 9.90. The van der Waals surface area contributed by atoms with E-state index in [4.69, 9.17) is 5.73 Å². The van der Waals surface area contributed by atoms with Crippen LogP contribution in [0.15, 0.2) is 89.4 Å². The summed E-state index contributed by atoms with van der Waals surface area (Å²) in [7, 11) is 0. The van der Waals surface area contributed by atoms with Gasteiger partial charge in [-0.1, -0.05) is 88.7 Å². The summed E-state index contributed by atoms with van der Waals surface area (Å²) in [5, 5.41) is 9.90. The molecule has 136 valence electrons. The Labute approximate surface area is 172 Å². The molecule has 0 aliphatic heterocycles. The van der Waals surface area contributed by atoms with Crippen LogP contribution in [0.2, 0.25) is 0 Å². The first-order valence-electron chi connectivity index (χ1n) is 8.96. The molecule has 4 heteroatoms. The van der Waals surface area contributed by atoms with Crippen LogP contribution >= 0.6 is 15.9 Å². The summed E-state index contributed by atoms with van der Waals surface area (Å²) >= 11 is 3.53. The summed E-state index contributed by atoms with van der Waals surface area (Å²) < 4.78 is 3.05. The highest BCUT2D eigenvalue weighted by Gasteiger charge is 2.23. The Morgan fingerprint density at radius 2 is 1.50 bits per heavy atom. The average Bonchev–Trinajstić information content (AvgIpc) is 3.01. The Balaban J connectivity index is 2.00. The van der Waals surface area contributed by atoms with Gasteiger partial charge in [0.25, 0.3) is 0 Å². The van der Waals surface area contributed by atoms with Crippen molar-refractivity contribution in [3.63, 3.8) is 0 Å². The zero-order valence-corrected chi connectivity index (χ0v) is 16.7. The molecule has 0 aliphatic carbocycles. The second kappa shape index (κ2) is 7.75. The number of nitrogen functional groups attached to an aromatic ring is 1. The van der Waals surface area contributed by atoms with Gasteiger partial charge < -0.3 is 10.3 Å². The van der Waals surface area contributed by atoms with E-state index in [1.165, 1.54) is 0 Å². The third-order valence-electron chi connectivity index (χ3n) is 4.75. The van der Waals surface area contributed by atoms with E-state index in [9.17, 15) is 5.26 Å². The van der Waals surface area contributed by atoms with E-state index in [0.29, 0.717) is 17.9 Å². The second-order valence-electron chi connectivity index (χ2n) is 6.54. The van der Waals surface area contributed by atoms with Crippen molar-refractivity contribution in [3.8, 4) is 28.5 Å². The Morgan fingerprint density at radius 3 is 2.11 bits per heavy atom. The molecule has 0 radical (unpaired) electrons. The zero-order valence-electron chi connectivity index (χ0n) is 15.1. The number of nitrogens with two attached hydrogens (primary N) is 1. The van der Waals surface area contributed by atoms with Crippen molar-refractivity contribution in [3.05, 3.63) is 101 Å². The number of hydrogen-bond donors (Lipinski definition) is 1. The lowest BCUT2D eigenvalue weighted by Crippen LogP contribution is -2.06. The van der Waals surface area contributed by atoms with E-state index in [0.717, 1.165) is 32.4 Å². The molecule has 0 saturated heterocycles. The third-order valence-corrected chi connectivity index (χ3v) is 5.25. The molecule has 0 bridgehead atoms. The minimum atomic E-state index is 0.486. The topological polar surface area (TPSA) is 54.7 Å². The van der Waals surface area contributed by atoms with Gasteiger partial charge in [0.15, 0.2) is 0 Å². The standard InChI is InChI=1S/C24H18BrN3/c25-20-13-7-8-17(14-20)16-28-23(19-11-5-2-6-12-19)22(21(15-26)24(28)27)18-9-3-1-4-10-18/h1-14H,16,27H2. The van der Waals surface area contributed by atoms with Gasteiger partial charge in [0.1, 0.15) is 17.5 Å². The minimum Gasteiger partial charge on any atom is -0.384 e. The molecular weight excluding hydrogens is 410 g/mol. The quantitative estimate of drug-likeness (QED) is 0.428. The molecule has 4 aromatic rings. The summed E-state index contributed by atoms with van der Waals surface area (Å²) in [5.41, 5.74) is 12.0. The van der Waals surface area contributed by atoms with Gasteiger partial charge >= 0.3 is 0 Å². The highest BCUT2D eigenvalue weighted by Crippen LogP contribution is 2.40. The number of anilines is 1. The Bertz CT molecular complexity index is 1160. The van der Waals surface area contributed by atoms with Crippen molar-refractivity contribution in [1.82, 2.24) is 4.57 Å². The van der Waals surface area contributed by atoms with Crippen LogP contribution in [-0.4, -0.2) is 4.57 Å². The van der Waals surface area contributed by atoms with Gasteiger partial charge in [-0.05, 0) is 28.8 Å². The molecule has 0 unspecified atom stereocenters. The predicted molar refractivity (Wildman–Crippen MR) is 118 cm³/mol. The van der Waals surface area contributed by atoms with Gasteiger partial charge in [-0.15, -0.1) is 0 Å². The Hall–Kier alpha value is -3.29. The van der Waals surface area contributed by atoms with E-state index in [-0.39, 0.29) is 0 Å². The highest BCUT2D eigenvalue weighted by molar-refractivity contribution is 9.10. The van der Waals surface area contributed by atoms with Gasteiger partial charge in [0.05, 0.1) is 5.69 Å². The first-order chi connectivity index (χ1) is 13.7. The maximum Gasteiger partial charge on any atom is 0.123 e. The lowest BCUT2D eigenvalue weighted by molar-refractivity contribution is 0.825. The van der Waals surface area contributed by atoms with Crippen molar-refractivity contribution in [2.45, 2.75) is 6.54 Å². The van der Waals surface area contributed by atoms with Crippen molar-refractivity contribution in [2.75, 3.05) is 5.73 Å².